The Morgan fingerprint density at radius 3 is 2.64 bits per heavy atom. The highest BCUT2D eigenvalue weighted by Gasteiger charge is 2.11. The van der Waals surface area contributed by atoms with E-state index in [1.165, 1.54) is 5.56 Å². The molecule has 1 aliphatic rings. The van der Waals surface area contributed by atoms with Crippen molar-refractivity contribution >= 4 is 11.6 Å². The molecule has 0 aliphatic carbocycles. The molecule has 0 bridgehead atoms. The highest BCUT2D eigenvalue weighted by Crippen LogP contribution is 2.32. The fraction of sp³-hybridized carbons (Fsp3) is 0.409. The van der Waals surface area contributed by atoms with E-state index in [-0.39, 0.29) is 0 Å². The number of nitrogens with one attached hydrogen (secondary N) is 2. The third-order valence-corrected chi connectivity index (χ3v) is 4.54. The molecule has 2 aromatic carbocycles. The maximum absolute atomic E-state index is 5.75. The van der Waals surface area contributed by atoms with Gasteiger partial charge in [0.1, 0.15) is 0 Å². The van der Waals surface area contributed by atoms with Crippen molar-refractivity contribution in [3.63, 3.8) is 0 Å². The molecule has 3 rings (SSSR count). The molecule has 1 heterocycles. The Hall–Kier alpha value is -2.73. The summed E-state index contributed by atoms with van der Waals surface area (Å²) < 4.78 is 11.4. The second-order valence-corrected chi connectivity index (χ2v) is 6.91. The van der Waals surface area contributed by atoms with Gasteiger partial charge < -0.3 is 25.0 Å². The minimum Gasteiger partial charge on any atom is -0.490 e. The van der Waals surface area contributed by atoms with Crippen LogP contribution in [0.15, 0.2) is 53.5 Å². The molecule has 0 radical (unpaired) electrons. The lowest BCUT2D eigenvalue weighted by Crippen LogP contribution is -2.33. The van der Waals surface area contributed by atoms with Crippen LogP contribution in [0.25, 0.3) is 0 Å². The van der Waals surface area contributed by atoms with Gasteiger partial charge in [-0.25, -0.2) is 0 Å². The van der Waals surface area contributed by atoms with Gasteiger partial charge in [-0.15, -0.1) is 0 Å². The Kier molecular flexibility index (Phi) is 7.55. The zero-order valence-electron chi connectivity index (χ0n) is 16.8. The Balaban J connectivity index is 1.42. The van der Waals surface area contributed by atoms with E-state index < -0.39 is 0 Å². The number of nitrogens with zero attached hydrogens (tertiary/aromatic N) is 2. The summed E-state index contributed by atoms with van der Waals surface area (Å²) in [5, 5.41) is 6.69. The summed E-state index contributed by atoms with van der Waals surface area (Å²) in [6.07, 6.45) is 1.94. The van der Waals surface area contributed by atoms with Crippen LogP contribution in [0.5, 0.6) is 11.5 Å². The normalized spacial score (nSPS) is 13.9. The van der Waals surface area contributed by atoms with E-state index in [1.807, 2.05) is 18.2 Å². The summed E-state index contributed by atoms with van der Waals surface area (Å²) in [6, 6.07) is 16.4. The maximum atomic E-state index is 5.75. The molecule has 0 aromatic heterocycles. The number of hydrogen-bond donors (Lipinski definition) is 2. The maximum Gasteiger partial charge on any atom is 0.195 e. The molecule has 0 unspecified atom stereocenters. The van der Waals surface area contributed by atoms with Crippen LogP contribution in [0, 0.1) is 0 Å². The predicted octanol–water partition coefficient (Wildman–Crippen LogP) is 3.36. The first-order valence-corrected chi connectivity index (χ1v) is 9.84. The van der Waals surface area contributed by atoms with Gasteiger partial charge in [0.15, 0.2) is 17.5 Å². The molecule has 0 atom stereocenters. The summed E-state index contributed by atoms with van der Waals surface area (Å²) in [5.41, 5.74) is 2.27. The van der Waals surface area contributed by atoms with Gasteiger partial charge in [-0.05, 0) is 37.7 Å². The van der Waals surface area contributed by atoms with Gasteiger partial charge in [0.2, 0.25) is 0 Å². The highest BCUT2D eigenvalue weighted by molar-refractivity contribution is 5.93. The molecule has 0 saturated heterocycles. The van der Waals surface area contributed by atoms with Crippen molar-refractivity contribution in [1.82, 2.24) is 10.2 Å². The summed E-state index contributed by atoms with van der Waals surface area (Å²) in [6.45, 7) is 4.21. The Morgan fingerprint density at radius 2 is 1.86 bits per heavy atom. The third kappa shape index (κ3) is 6.16. The van der Waals surface area contributed by atoms with E-state index in [0.717, 1.165) is 55.6 Å². The molecule has 0 amide bonds. The van der Waals surface area contributed by atoms with Gasteiger partial charge in [-0.3, -0.25) is 4.99 Å². The number of anilines is 1. The van der Waals surface area contributed by atoms with Gasteiger partial charge in [0.25, 0.3) is 0 Å². The summed E-state index contributed by atoms with van der Waals surface area (Å²) in [4.78, 5) is 6.64. The molecule has 0 fully saturated rings. The molecule has 0 saturated carbocycles. The molecule has 150 valence electrons. The van der Waals surface area contributed by atoms with Crippen molar-refractivity contribution in [2.24, 2.45) is 4.99 Å². The Labute approximate surface area is 167 Å². The van der Waals surface area contributed by atoms with Crippen LogP contribution in [0.2, 0.25) is 0 Å². The van der Waals surface area contributed by atoms with Crippen LogP contribution in [-0.4, -0.2) is 51.3 Å². The van der Waals surface area contributed by atoms with Crippen molar-refractivity contribution in [3.8, 4) is 11.5 Å². The molecule has 2 aromatic rings. The first-order chi connectivity index (χ1) is 13.7. The standard InChI is InChI=1S/C22H30N4O2/c1-23-22(24-12-6-13-26(2)17-18-8-4-3-5-9-18)25-19-10-11-20-21(16-19)28-15-7-14-27-20/h3-5,8-11,16H,6-7,12-15,17H2,1-2H3,(H2,23,24,25). The fourth-order valence-corrected chi connectivity index (χ4v) is 3.09. The monoisotopic (exact) mass is 382 g/mol. The SMILES string of the molecule is CN=C(NCCCN(C)Cc1ccccc1)Nc1ccc2c(c1)OCCCO2. The third-order valence-electron chi connectivity index (χ3n) is 4.54. The molecular weight excluding hydrogens is 352 g/mol. The average molecular weight is 383 g/mol. The van der Waals surface area contributed by atoms with Crippen LogP contribution >= 0.6 is 0 Å². The average Bonchev–Trinajstić information content (AvgIpc) is 2.96. The van der Waals surface area contributed by atoms with Gasteiger partial charge in [-0.1, -0.05) is 30.3 Å². The van der Waals surface area contributed by atoms with Crippen LogP contribution in [0.3, 0.4) is 0 Å². The van der Waals surface area contributed by atoms with E-state index in [1.54, 1.807) is 7.05 Å². The lowest BCUT2D eigenvalue weighted by molar-refractivity contribution is 0.297. The van der Waals surface area contributed by atoms with Crippen LogP contribution in [0.4, 0.5) is 5.69 Å². The number of benzene rings is 2. The number of aliphatic imine (C=N–C) groups is 1. The largest absolute Gasteiger partial charge is 0.490 e. The number of hydrogen-bond acceptors (Lipinski definition) is 4. The van der Waals surface area contributed by atoms with Crippen molar-refractivity contribution in [2.45, 2.75) is 19.4 Å². The van der Waals surface area contributed by atoms with Crippen molar-refractivity contribution in [3.05, 3.63) is 54.1 Å². The zero-order chi connectivity index (χ0) is 19.6. The number of fused-ring (bicyclic) bond motifs is 1. The lowest BCUT2D eigenvalue weighted by atomic mass is 10.2. The predicted molar refractivity (Wildman–Crippen MR) is 114 cm³/mol. The minimum absolute atomic E-state index is 0.680. The van der Waals surface area contributed by atoms with Crippen LogP contribution in [-0.2, 0) is 6.54 Å². The molecule has 6 nitrogen and oxygen atoms in total. The molecule has 28 heavy (non-hydrogen) atoms. The van der Waals surface area contributed by atoms with Crippen LogP contribution in [0.1, 0.15) is 18.4 Å². The second-order valence-electron chi connectivity index (χ2n) is 6.91. The first-order valence-electron chi connectivity index (χ1n) is 9.84. The number of ether oxygens (including phenoxy) is 2. The summed E-state index contributed by atoms with van der Waals surface area (Å²) in [7, 11) is 3.93. The Bertz CT molecular complexity index is 764. The van der Waals surface area contributed by atoms with E-state index >= 15 is 0 Å². The minimum atomic E-state index is 0.680. The van der Waals surface area contributed by atoms with Crippen molar-refractivity contribution in [1.29, 1.82) is 0 Å². The summed E-state index contributed by atoms with van der Waals surface area (Å²) in [5.74, 6) is 2.33. The highest BCUT2D eigenvalue weighted by atomic mass is 16.5. The molecular formula is C22H30N4O2. The van der Waals surface area contributed by atoms with Crippen molar-refractivity contribution < 1.29 is 9.47 Å². The second kappa shape index (κ2) is 10.6. The van der Waals surface area contributed by atoms with E-state index in [0.29, 0.717) is 13.2 Å². The molecule has 0 spiro atoms. The van der Waals surface area contributed by atoms with E-state index in [2.05, 4.69) is 57.9 Å². The Morgan fingerprint density at radius 1 is 1.07 bits per heavy atom. The van der Waals surface area contributed by atoms with Gasteiger partial charge >= 0.3 is 0 Å². The van der Waals surface area contributed by atoms with E-state index in [4.69, 9.17) is 9.47 Å². The van der Waals surface area contributed by atoms with Gasteiger partial charge in [0.05, 0.1) is 13.2 Å². The number of rotatable bonds is 7. The number of guanidine groups is 1. The zero-order valence-corrected chi connectivity index (χ0v) is 16.8. The molecule has 2 N–H and O–H groups in total. The molecule has 6 heteroatoms. The smallest absolute Gasteiger partial charge is 0.195 e. The van der Waals surface area contributed by atoms with Gasteiger partial charge in [-0.2, -0.15) is 0 Å². The van der Waals surface area contributed by atoms with Crippen LogP contribution < -0.4 is 20.1 Å². The van der Waals surface area contributed by atoms with Crippen molar-refractivity contribution in [2.75, 3.05) is 45.7 Å². The molecule has 1 aliphatic heterocycles. The topological polar surface area (TPSA) is 58.1 Å². The van der Waals surface area contributed by atoms with E-state index in [9.17, 15) is 0 Å². The van der Waals surface area contributed by atoms with Gasteiger partial charge in [0, 0.05) is 38.3 Å². The first kappa shape index (κ1) is 20.0. The quantitative estimate of drug-likeness (QED) is 0.437. The fourth-order valence-electron chi connectivity index (χ4n) is 3.09. The lowest BCUT2D eigenvalue weighted by Gasteiger charge is -2.18. The summed E-state index contributed by atoms with van der Waals surface area (Å²) >= 11 is 0.